The highest BCUT2D eigenvalue weighted by molar-refractivity contribution is 6.31. The minimum absolute atomic E-state index is 0.0180. The van der Waals surface area contributed by atoms with Crippen molar-refractivity contribution in [3.63, 3.8) is 0 Å². The fraction of sp³-hybridized carbons (Fsp3) is 0.294. The van der Waals surface area contributed by atoms with Gasteiger partial charge < -0.3 is 15.5 Å². The summed E-state index contributed by atoms with van der Waals surface area (Å²) in [6.45, 7) is 0.367. The van der Waals surface area contributed by atoms with Gasteiger partial charge in [0.15, 0.2) is 0 Å². The van der Waals surface area contributed by atoms with Crippen molar-refractivity contribution in [2.75, 3.05) is 13.2 Å². The van der Waals surface area contributed by atoms with Gasteiger partial charge in [-0.15, -0.1) is 0 Å². The smallest absolute Gasteiger partial charge is 0.0928 e. The fourth-order valence-corrected chi connectivity index (χ4v) is 2.50. The number of aliphatic hydroxyl groups excluding tert-OH is 2. The molecule has 2 unspecified atom stereocenters. The van der Waals surface area contributed by atoms with Crippen LogP contribution in [0.4, 0.5) is 0 Å². The third-order valence-electron chi connectivity index (χ3n) is 3.41. The summed E-state index contributed by atoms with van der Waals surface area (Å²) in [6, 6.07) is 17.1. The lowest BCUT2D eigenvalue weighted by molar-refractivity contribution is 0.158. The van der Waals surface area contributed by atoms with Crippen LogP contribution < -0.4 is 5.32 Å². The van der Waals surface area contributed by atoms with E-state index in [4.69, 9.17) is 11.6 Å². The molecular weight excluding hydrogens is 286 g/mol. The molecule has 21 heavy (non-hydrogen) atoms. The second kappa shape index (κ2) is 8.15. The van der Waals surface area contributed by atoms with E-state index < -0.39 is 6.10 Å². The van der Waals surface area contributed by atoms with Gasteiger partial charge in [0.2, 0.25) is 0 Å². The van der Waals surface area contributed by atoms with Gasteiger partial charge in [-0.3, -0.25) is 0 Å². The molecule has 0 saturated carbocycles. The lowest BCUT2D eigenvalue weighted by Crippen LogP contribution is -2.37. The van der Waals surface area contributed by atoms with Gasteiger partial charge in [-0.25, -0.2) is 0 Å². The number of hydrogen-bond donors (Lipinski definition) is 3. The van der Waals surface area contributed by atoms with Crippen LogP contribution in [0.25, 0.3) is 0 Å². The molecule has 0 radical (unpaired) electrons. The second-order valence-electron chi connectivity index (χ2n) is 5.01. The molecule has 0 aliphatic rings. The first kappa shape index (κ1) is 16.0. The molecule has 3 nitrogen and oxygen atoms in total. The summed E-state index contributed by atoms with van der Waals surface area (Å²) in [7, 11) is 0. The molecule has 0 fully saturated rings. The van der Waals surface area contributed by atoms with Crippen LogP contribution in [0.3, 0.4) is 0 Å². The standard InChI is InChI=1S/C17H20ClNO2/c18-16-9-5-4-8-15(16)17(21)11-19-14(12-20)10-13-6-2-1-3-7-13/h1-9,14,17,19-21H,10-12H2. The average Bonchev–Trinajstić information content (AvgIpc) is 2.52. The molecule has 2 aromatic carbocycles. The van der Waals surface area contributed by atoms with Crippen molar-refractivity contribution in [1.29, 1.82) is 0 Å². The number of halogens is 1. The van der Waals surface area contributed by atoms with Crippen LogP contribution in [-0.2, 0) is 6.42 Å². The van der Waals surface area contributed by atoms with Crippen LogP contribution in [-0.4, -0.2) is 29.4 Å². The number of benzene rings is 2. The Bertz CT molecular complexity index is 547. The predicted octanol–water partition coefficient (Wildman–Crippen LogP) is 2.57. The van der Waals surface area contributed by atoms with E-state index in [1.54, 1.807) is 12.1 Å². The minimum Gasteiger partial charge on any atom is -0.395 e. The monoisotopic (exact) mass is 305 g/mol. The molecule has 4 heteroatoms. The quantitative estimate of drug-likeness (QED) is 0.737. The molecule has 2 aromatic rings. The molecule has 2 atom stereocenters. The van der Waals surface area contributed by atoms with Crippen LogP contribution in [0.2, 0.25) is 5.02 Å². The van der Waals surface area contributed by atoms with E-state index in [0.717, 1.165) is 5.56 Å². The second-order valence-corrected chi connectivity index (χ2v) is 5.42. The molecule has 2 rings (SSSR count). The van der Waals surface area contributed by atoms with Crippen molar-refractivity contribution in [2.45, 2.75) is 18.6 Å². The Kier molecular flexibility index (Phi) is 6.21. The first-order chi connectivity index (χ1) is 10.2. The number of aliphatic hydroxyl groups is 2. The van der Waals surface area contributed by atoms with E-state index in [2.05, 4.69) is 5.32 Å². The van der Waals surface area contributed by atoms with Crippen molar-refractivity contribution in [2.24, 2.45) is 0 Å². The van der Waals surface area contributed by atoms with Crippen LogP contribution in [0.1, 0.15) is 17.2 Å². The van der Waals surface area contributed by atoms with E-state index in [1.807, 2.05) is 42.5 Å². The molecule has 0 bridgehead atoms. The summed E-state index contributed by atoms with van der Waals surface area (Å²) < 4.78 is 0. The first-order valence-electron chi connectivity index (χ1n) is 7.01. The molecule has 0 amide bonds. The van der Waals surface area contributed by atoms with Gasteiger partial charge in [-0.05, 0) is 18.1 Å². The topological polar surface area (TPSA) is 52.5 Å². The van der Waals surface area contributed by atoms with Gasteiger partial charge in [0.1, 0.15) is 0 Å². The zero-order chi connectivity index (χ0) is 15.1. The van der Waals surface area contributed by atoms with Crippen LogP contribution in [0, 0.1) is 0 Å². The summed E-state index contributed by atoms with van der Waals surface area (Å²) in [5.41, 5.74) is 1.85. The van der Waals surface area contributed by atoms with Gasteiger partial charge in [0.25, 0.3) is 0 Å². The predicted molar refractivity (Wildman–Crippen MR) is 85.4 cm³/mol. The molecular formula is C17H20ClNO2. The SMILES string of the molecule is OCC(Cc1ccccc1)NCC(O)c1ccccc1Cl. The maximum Gasteiger partial charge on any atom is 0.0928 e. The number of rotatable bonds is 7. The Morgan fingerprint density at radius 1 is 1.00 bits per heavy atom. The third-order valence-corrected chi connectivity index (χ3v) is 3.75. The average molecular weight is 306 g/mol. The van der Waals surface area contributed by atoms with Gasteiger partial charge >= 0.3 is 0 Å². The van der Waals surface area contributed by atoms with Gasteiger partial charge in [0, 0.05) is 23.2 Å². The molecule has 112 valence electrons. The van der Waals surface area contributed by atoms with Crippen molar-refractivity contribution >= 4 is 11.6 Å². The summed E-state index contributed by atoms with van der Waals surface area (Å²) in [5, 5.41) is 23.4. The van der Waals surface area contributed by atoms with E-state index >= 15 is 0 Å². The zero-order valence-electron chi connectivity index (χ0n) is 11.7. The minimum atomic E-state index is -0.691. The lowest BCUT2D eigenvalue weighted by atomic mass is 10.1. The third kappa shape index (κ3) is 4.83. The highest BCUT2D eigenvalue weighted by Gasteiger charge is 2.14. The maximum absolute atomic E-state index is 10.2. The Balaban J connectivity index is 1.90. The van der Waals surface area contributed by atoms with Crippen LogP contribution in [0.5, 0.6) is 0 Å². The summed E-state index contributed by atoms with van der Waals surface area (Å²) in [5.74, 6) is 0. The summed E-state index contributed by atoms with van der Waals surface area (Å²) >= 11 is 6.06. The Labute approximate surface area is 130 Å². The van der Waals surface area contributed by atoms with Crippen LogP contribution >= 0.6 is 11.6 Å². The van der Waals surface area contributed by atoms with Crippen molar-refractivity contribution in [3.8, 4) is 0 Å². The van der Waals surface area contributed by atoms with Gasteiger partial charge in [-0.1, -0.05) is 60.1 Å². The Morgan fingerprint density at radius 3 is 2.33 bits per heavy atom. The normalized spacial score (nSPS) is 13.9. The number of hydrogen-bond acceptors (Lipinski definition) is 3. The summed E-state index contributed by atoms with van der Waals surface area (Å²) in [6.07, 6.45) is 0.0237. The number of nitrogens with one attached hydrogen (secondary N) is 1. The largest absolute Gasteiger partial charge is 0.395 e. The van der Waals surface area contributed by atoms with Crippen LogP contribution in [0.15, 0.2) is 54.6 Å². The van der Waals surface area contributed by atoms with E-state index in [1.165, 1.54) is 0 Å². The van der Waals surface area contributed by atoms with Crippen molar-refractivity contribution in [1.82, 2.24) is 5.32 Å². The van der Waals surface area contributed by atoms with Gasteiger partial charge in [-0.2, -0.15) is 0 Å². The highest BCUT2D eigenvalue weighted by Crippen LogP contribution is 2.22. The molecule has 0 aromatic heterocycles. The molecule has 0 spiro atoms. The van der Waals surface area contributed by atoms with E-state index in [9.17, 15) is 10.2 Å². The summed E-state index contributed by atoms with van der Waals surface area (Å²) in [4.78, 5) is 0. The van der Waals surface area contributed by atoms with E-state index in [0.29, 0.717) is 23.6 Å². The lowest BCUT2D eigenvalue weighted by Gasteiger charge is -2.20. The Morgan fingerprint density at radius 2 is 1.67 bits per heavy atom. The molecule has 0 heterocycles. The van der Waals surface area contributed by atoms with Gasteiger partial charge in [0.05, 0.1) is 12.7 Å². The molecule has 0 aliphatic heterocycles. The van der Waals surface area contributed by atoms with Crippen molar-refractivity contribution in [3.05, 3.63) is 70.7 Å². The molecule has 0 aliphatic carbocycles. The molecule has 0 saturated heterocycles. The molecule has 3 N–H and O–H groups in total. The first-order valence-corrected chi connectivity index (χ1v) is 7.39. The fourth-order valence-electron chi connectivity index (χ4n) is 2.23. The highest BCUT2D eigenvalue weighted by atomic mass is 35.5. The van der Waals surface area contributed by atoms with E-state index in [-0.39, 0.29) is 12.6 Å². The maximum atomic E-state index is 10.2. The van der Waals surface area contributed by atoms with Crippen molar-refractivity contribution < 1.29 is 10.2 Å². The zero-order valence-corrected chi connectivity index (χ0v) is 12.5. The Hall–Kier alpha value is -1.39.